The van der Waals surface area contributed by atoms with Crippen LogP contribution < -0.4 is 4.90 Å². The van der Waals surface area contributed by atoms with Gasteiger partial charge in [-0.3, -0.25) is 10.1 Å². The molecule has 20 heavy (non-hydrogen) atoms. The molecule has 0 aliphatic carbocycles. The molecule has 0 spiro atoms. The normalized spacial score (nSPS) is 19.1. The van der Waals surface area contributed by atoms with Crippen molar-refractivity contribution in [2.24, 2.45) is 0 Å². The summed E-state index contributed by atoms with van der Waals surface area (Å²) in [6.07, 6.45) is 1.96. The molecule has 0 bridgehead atoms. The van der Waals surface area contributed by atoms with Crippen LogP contribution in [0.3, 0.4) is 0 Å². The Bertz CT molecular complexity index is 483. The van der Waals surface area contributed by atoms with Crippen LogP contribution >= 0.6 is 11.6 Å². The van der Waals surface area contributed by atoms with Crippen molar-refractivity contribution in [1.29, 1.82) is 0 Å². The summed E-state index contributed by atoms with van der Waals surface area (Å²) in [4.78, 5) is 12.3. The average Bonchev–Trinajstić information content (AvgIpc) is 2.45. The van der Waals surface area contributed by atoms with Crippen LogP contribution in [0.4, 0.5) is 11.4 Å². The molecule has 0 saturated carbocycles. The zero-order valence-corrected chi connectivity index (χ0v) is 11.8. The number of nitro groups is 1. The van der Waals surface area contributed by atoms with Crippen molar-refractivity contribution in [2.45, 2.75) is 18.9 Å². The predicted octanol–water partition coefficient (Wildman–Crippen LogP) is 2.23. The van der Waals surface area contributed by atoms with Crippen molar-refractivity contribution in [2.75, 3.05) is 31.2 Å². The van der Waals surface area contributed by atoms with Crippen LogP contribution in [0.25, 0.3) is 0 Å². The first kappa shape index (κ1) is 15.0. The van der Waals surface area contributed by atoms with Crippen LogP contribution in [0.1, 0.15) is 12.8 Å². The molecule has 1 aromatic carbocycles. The topological polar surface area (TPSA) is 75.8 Å². The molecule has 1 unspecified atom stereocenters. The third-order valence-electron chi connectivity index (χ3n) is 3.31. The number of aliphatic hydroxyl groups excluding tert-OH is 1. The summed E-state index contributed by atoms with van der Waals surface area (Å²) in [5, 5.41) is 19.9. The highest BCUT2D eigenvalue weighted by molar-refractivity contribution is 6.33. The molecule has 110 valence electrons. The molecule has 1 atom stereocenters. The zero-order chi connectivity index (χ0) is 14.5. The fraction of sp³-hybridized carbons (Fsp3) is 0.538. The molecule has 1 N–H and O–H groups in total. The molecule has 1 aliphatic rings. The van der Waals surface area contributed by atoms with Gasteiger partial charge in [-0.15, -0.1) is 0 Å². The number of nitro benzene ring substituents is 1. The number of ether oxygens (including phenoxy) is 1. The van der Waals surface area contributed by atoms with E-state index >= 15 is 0 Å². The second kappa shape index (κ2) is 6.88. The van der Waals surface area contributed by atoms with Crippen molar-refractivity contribution in [3.63, 3.8) is 0 Å². The predicted molar refractivity (Wildman–Crippen MR) is 76.4 cm³/mol. The molecule has 1 aromatic rings. The quantitative estimate of drug-likeness (QED) is 0.666. The number of piperidine rings is 1. The van der Waals surface area contributed by atoms with Gasteiger partial charge in [-0.05, 0) is 18.9 Å². The summed E-state index contributed by atoms with van der Waals surface area (Å²) in [6, 6.07) is 4.50. The zero-order valence-electron chi connectivity index (χ0n) is 11.0. The average molecular weight is 301 g/mol. The first-order valence-corrected chi connectivity index (χ1v) is 6.91. The van der Waals surface area contributed by atoms with Crippen molar-refractivity contribution in [1.82, 2.24) is 0 Å². The third kappa shape index (κ3) is 3.59. The molecule has 2 rings (SSSR count). The molecule has 1 heterocycles. The number of hydrogen-bond donors (Lipinski definition) is 1. The number of non-ortho nitro benzene ring substituents is 1. The summed E-state index contributed by atoms with van der Waals surface area (Å²) in [6.45, 7) is 1.86. The van der Waals surface area contributed by atoms with E-state index in [-0.39, 0.29) is 18.4 Å². The Hall–Kier alpha value is -1.37. The maximum Gasteiger partial charge on any atom is 0.271 e. The van der Waals surface area contributed by atoms with Gasteiger partial charge in [0.1, 0.15) is 0 Å². The Kier molecular flexibility index (Phi) is 5.17. The third-order valence-corrected chi connectivity index (χ3v) is 3.61. The monoisotopic (exact) mass is 300 g/mol. The van der Waals surface area contributed by atoms with Gasteiger partial charge in [-0.1, -0.05) is 11.6 Å². The lowest BCUT2D eigenvalue weighted by atomic mass is 10.1. The van der Waals surface area contributed by atoms with E-state index < -0.39 is 4.92 Å². The Balaban J connectivity index is 2.08. The van der Waals surface area contributed by atoms with Crippen molar-refractivity contribution < 1.29 is 14.8 Å². The summed E-state index contributed by atoms with van der Waals surface area (Å²) >= 11 is 6.13. The standard InChI is InChI=1S/C13H17ClN2O4/c14-12-8-10(16(18)19)3-4-13(12)15-5-1-2-11(9-15)20-7-6-17/h3-4,8,11,17H,1-2,5-7,9H2. The minimum absolute atomic E-state index is 0.00872. The summed E-state index contributed by atoms with van der Waals surface area (Å²) < 4.78 is 5.54. The lowest BCUT2D eigenvalue weighted by Gasteiger charge is -2.34. The molecule has 1 fully saturated rings. The highest BCUT2D eigenvalue weighted by atomic mass is 35.5. The first-order valence-electron chi connectivity index (χ1n) is 6.53. The minimum atomic E-state index is -0.459. The van der Waals surface area contributed by atoms with E-state index in [0.29, 0.717) is 18.2 Å². The maximum atomic E-state index is 10.7. The van der Waals surface area contributed by atoms with Gasteiger partial charge in [0.15, 0.2) is 0 Å². The van der Waals surface area contributed by atoms with Gasteiger partial charge in [0.25, 0.3) is 5.69 Å². The van der Waals surface area contributed by atoms with Crippen molar-refractivity contribution in [3.8, 4) is 0 Å². The van der Waals surface area contributed by atoms with Crippen LogP contribution in [0.15, 0.2) is 18.2 Å². The number of halogens is 1. The fourth-order valence-corrected chi connectivity index (χ4v) is 2.67. The maximum absolute atomic E-state index is 10.7. The largest absolute Gasteiger partial charge is 0.394 e. The molecule has 7 heteroatoms. The van der Waals surface area contributed by atoms with Gasteiger partial charge in [0.2, 0.25) is 0 Å². The summed E-state index contributed by atoms with van der Waals surface area (Å²) in [7, 11) is 0. The SMILES string of the molecule is O=[N+]([O-])c1ccc(N2CCCC(OCCO)C2)c(Cl)c1. The van der Waals surface area contributed by atoms with Crippen molar-refractivity contribution >= 4 is 23.0 Å². The Morgan fingerprint density at radius 3 is 3.00 bits per heavy atom. The van der Waals surface area contributed by atoms with Crippen molar-refractivity contribution in [3.05, 3.63) is 33.3 Å². The van der Waals surface area contributed by atoms with E-state index in [1.54, 1.807) is 6.07 Å². The molecule has 0 amide bonds. The van der Waals surface area contributed by atoms with Gasteiger partial charge in [0.05, 0.1) is 35.0 Å². The second-order valence-electron chi connectivity index (χ2n) is 4.70. The van der Waals surface area contributed by atoms with Gasteiger partial charge in [0, 0.05) is 25.2 Å². The van der Waals surface area contributed by atoms with Gasteiger partial charge >= 0.3 is 0 Å². The van der Waals surface area contributed by atoms with E-state index in [0.717, 1.165) is 25.1 Å². The van der Waals surface area contributed by atoms with Crippen LogP contribution in [0.2, 0.25) is 5.02 Å². The second-order valence-corrected chi connectivity index (χ2v) is 5.10. The minimum Gasteiger partial charge on any atom is -0.394 e. The van der Waals surface area contributed by atoms with E-state index in [2.05, 4.69) is 4.90 Å². The van der Waals surface area contributed by atoms with Gasteiger partial charge in [-0.2, -0.15) is 0 Å². The van der Waals surface area contributed by atoms with E-state index in [1.165, 1.54) is 12.1 Å². The molecular weight excluding hydrogens is 284 g/mol. The summed E-state index contributed by atoms with van der Waals surface area (Å²) in [5.74, 6) is 0. The lowest BCUT2D eigenvalue weighted by Crippen LogP contribution is -2.40. The number of aliphatic hydroxyl groups is 1. The fourth-order valence-electron chi connectivity index (χ4n) is 2.38. The molecule has 6 nitrogen and oxygen atoms in total. The first-order chi connectivity index (χ1) is 9.61. The number of rotatable bonds is 5. The molecule has 1 saturated heterocycles. The van der Waals surface area contributed by atoms with Crippen LogP contribution in [-0.4, -0.2) is 42.4 Å². The summed E-state index contributed by atoms with van der Waals surface area (Å²) in [5.41, 5.74) is 0.776. The highest BCUT2D eigenvalue weighted by Crippen LogP contribution is 2.31. The molecule has 0 aromatic heterocycles. The van der Waals surface area contributed by atoms with E-state index in [1.807, 2.05) is 0 Å². The Labute approximate surface area is 122 Å². The number of nitrogens with zero attached hydrogens (tertiary/aromatic N) is 2. The van der Waals surface area contributed by atoms with E-state index in [9.17, 15) is 10.1 Å². The van der Waals surface area contributed by atoms with Crippen LogP contribution in [0.5, 0.6) is 0 Å². The molecule has 0 radical (unpaired) electrons. The van der Waals surface area contributed by atoms with Crippen LogP contribution in [-0.2, 0) is 4.74 Å². The number of benzene rings is 1. The Morgan fingerprint density at radius 1 is 1.55 bits per heavy atom. The van der Waals surface area contributed by atoms with Gasteiger partial charge < -0.3 is 14.7 Å². The Morgan fingerprint density at radius 2 is 2.35 bits per heavy atom. The number of hydrogen-bond acceptors (Lipinski definition) is 5. The van der Waals surface area contributed by atoms with Gasteiger partial charge in [-0.25, -0.2) is 0 Å². The highest BCUT2D eigenvalue weighted by Gasteiger charge is 2.23. The molecule has 1 aliphatic heterocycles. The van der Waals surface area contributed by atoms with Crippen LogP contribution in [0, 0.1) is 10.1 Å². The lowest BCUT2D eigenvalue weighted by molar-refractivity contribution is -0.384. The number of anilines is 1. The molecular formula is C13H17ClN2O4. The van der Waals surface area contributed by atoms with E-state index in [4.69, 9.17) is 21.4 Å². The smallest absolute Gasteiger partial charge is 0.271 e.